The first kappa shape index (κ1) is 8.99. The molecule has 0 amide bonds. The number of nitrogens with zero attached hydrogens (tertiary/aromatic N) is 1. The number of aliphatic hydroxyl groups excluding tert-OH is 1. The summed E-state index contributed by atoms with van der Waals surface area (Å²) >= 11 is 0. The van der Waals surface area contributed by atoms with E-state index in [0.29, 0.717) is 5.56 Å². The second-order valence-electron chi connectivity index (χ2n) is 2.07. The van der Waals surface area contributed by atoms with Crippen LogP contribution in [0, 0.1) is 0 Å². The zero-order chi connectivity index (χ0) is 8.97. The van der Waals surface area contributed by atoms with Gasteiger partial charge in [-0.3, -0.25) is 0 Å². The molecule has 0 aromatic carbocycles. The van der Waals surface area contributed by atoms with Crippen LogP contribution in [0.3, 0.4) is 0 Å². The predicted molar refractivity (Wildman–Crippen MR) is 41.0 cm³/mol. The summed E-state index contributed by atoms with van der Waals surface area (Å²) in [6, 6.07) is 3.19. The highest BCUT2D eigenvalue weighted by molar-refractivity contribution is 6.33. The van der Waals surface area contributed by atoms with E-state index in [0.717, 1.165) is 0 Å². The average Bonchev–Trinajstić information content (AvgIpc) is 2.04. The Bertz CT molecular complexity index is 255. The molecule has 0 saturated carbocycles. The van der Waals surface area contributed by atoms with E-state index in [4.69, 9.17) is 15.2 Å². The van der Waals surface area contributed by atoms with Crippen LogP contribution in [0.5, 0.6) is 5.88 Å². The molecule has 0 aliphatic carbocycles. The molecule has 0 atom stereocenters. The van der Waals surface area contributed by atoms with Crippen LogP contribution in [0.2, 0.25) is 0 Å². The molecule has 0 aliphatic rings. The topological polar surface area (TPSA) is 82.8 Å². The third kappa shape index (κ3) is 2.19. The van der Waals surface area contributed by atoms with Crippen molar-refractivity contribution in [2.75, 3.05) is 0 Å². The van der Waals surface area contributed by atoms with Gasteiger partial charge in [0.1, 0.15) is 0 Å². The summed E-state index contributed by atoms with van der Waals surface area (Å²) in [5.41, 5.74) is 0.408. The Morgan fingerprint density at radius 2 is 2.25 bits per heavy atom. The van der Waals surface area contributed by atoms with Crippen molar-refractivity contribution in [3.05, 3.63) is 23.9 Å². The number of rotatable bonds is 3. The zero-order valence-corrected chi connectivity index (χ0v) is 6.21. The number of aliphatic hydroxyl groups is 1. The maximum Gasteiger partial charge on any atom is 0.708 e. The van der Waals surface area contributed by atoms with Crippen molar-refractivity contribution >= 4 is 7.32 Å². The van der Waals surface area contributed by atoms with Crippen LogP contribution in [0.4, 0.5) is 0 Å². The van der Waals surface area contributed by atoms with Crippen LogP contribution >= 0.6 is 0 Å². The molecule has 3 N–H and O–H groups in total. The Hall–Kier alpha value is -1.11. The predicted octanol–water partition coefficient (Wildman–Crippen LogP) is -1.08. The second kappa shape index (κ2) is 4.05. The molecule has 1 aromatic rings. The van der Waals surface area contributed by atoms with Crippen molar-refractivity contribution in [2.45, 2.75) is 6.61 Å². The lowest BCUT2D eigenvalue weighted by atomic mass is 10.2. The third-order valence-electron chi connectivity index (χ3n) is 1.24. The number of pyridine rings is 1. The Balaban J connectivity index is 2.82. The Kier molecular flexibility index (Phi) is 3.04. The number of aromatic nitrogens is 1. The maximum atomic E-state index is 8.75. The fourth-order valence-corrected chi connectivity index (χ4v) is 0.750. The zero-order valence-electron chi connectivity index (χ0n) is 6.21. The van der Waals surface area contributed by atoms with Gasteiger partial charge in [0.2, 0.25) is 5.88 Å². The van der Waals surface area contributed by atoms with Crippen LogP contribution in [0.25, 0.3) is 0 Å². The molecule has 0 saturated heterocycles. The molecule has 5 nitrogen and oxygen atoms in total. The van der Waals surface area contributed by atoms with E-state index in [1.165, 1.54) is 6.20 Å². The molecule has 1 rings (SSSR count). The Labute approximate surface area is 69.4 Å². The summed E-state index contributed by atoms with van der Waals surface area (Å²) in [6.07, 6.45) is 1.43. The highest BCUT2D eigenvalue weighted by Gasteiger charge is 2.14. The SMILES string of the molecule is OCc1cccnc1OB(O)O. The highest BCUT2D eigenvalue weighted by atomic mass is 16.6. The van der Waals surface area contributed by atoms with Gasteiger partial charge in [-0.1, -0.05) is 0 Å². The van der Waals surface area contributed by atoms with Crippen LogP contribution in [-0.2, 0) is 6.61 Å². The first-order valence-electron chi connectivity index (χ1n) is 3.31. The van der Waals surface area contributed by atoms with E-state index in [2.05, 4.69) is 9.64 Å². The number of hydrogen-bond donors (Lipinski definition) is 3. The average molecular weight is 169 g/mol. The summed E-state index contributed by atoms with van der Waals surface area (Å²) in [6.45, 7) is -0.254. The van der Waals surface area contributed by atoms with Crippen molar-refractivity contribution in [1.82, 2.24) is 4.98 Å². The molecule has 0 spiro atoms. The molecule has 0 fully saturated rings. The first-order chi connectivity index (χ1) is 5.74. The molecule has 1 aromatic heterocycles. The normalized spacial score (nSPS) is 9.58. The minimum atomic E-state index is -1.91. The summed E-state index contributed by atoms with van der Waals surface area (Å²) in [5, 5.41) is 25.6. The Morgan fingerprint density at radius 1 is 1.50 bits per heavy atom. The minimum absolute atomic E-state index is 0.0231. The molecule has 1 heterocycles. The summed E-state index contributed by atoms with van der Waals surface area (Å²) in [7, 11) is -1.91. The summed E-state index contributed by atoms with van der Waals surface area (Å²) in [5.74, 6) is 0.0231. The van der Waals surface area contributed by atoms with Crippen LogP contribution in [0.15, 0.2) is 18.3 Å². The van der Waals surface area contributed by atoms with Crippen molar-refractivity contribution in [3.8, 4) is 5.88 Å². The van der Waals surface area contributed by atoms with E-state index in [1.54, 1.807) is 12.1 Å². The van der Waals surface area contributed by atoms with Gasteiger partial charge in [-0.05, 0) is 12.1 Å². The number of hydrogen-bond acceptors (Lipinski definition) is 5. The molecule has 6 heteroatoms. The summed E-state index contributed by atoms with van der Waals surface area (Å²) in [4.78, 5) is 3.69. The lowest BCUT2D eigenvalue weighted by molar-refractivity contribution is 0.259. The molecule has 0 aliphatic heterocycles. The fourth-order valence-electron chi connectivity index (χ4n) is 0.750. The largest absolute Gasteiger partial charge is 0.708 e. The lowest BCUT2D eigenvalue weighted by Gasteiger charge is -2.06. The molecule has 0 radical (unpaired) electrons. The second-order valence-corrected chi connectivity index (χ2v) is 2.07. The Morgan fingerprint density at radius 3 is 2.83 bits per heavy atom. The van der Waals surface area contributed by atoms with Gasteiger partial charge >= 0.3 is 7.32 Å². The molecule has 0 bridgehead atoms. The van der Waals surface area contributed by atoms with E-state index < -0.39 is 7.32 Å². The summed E-state index contributed by atoms with van der Waals surface area (Å²) < 4.78 is 4.48. The highest BCUT2D eigenvalue weighted by Crippen LogP contribution is 2.13. The van der Waals surface area contributed by atoms with E-state index in [1.807, 2.05) is 0 Å². The molecule has 64 valence electrons. The van der Waals surface area contributed by atoms with Gasteiger partial charge in [-0.25, -0.2) is 4.98 Å². The quantitative estimate of drug-likeness (QED) is 0.501. The van der Waals surface area contributed by atoms with Gasteiger partial charge in [-0.2, -0.15) is 0 Å². The molecular formula is C6H8BNO4. The van der Waals surface area contributed by atoms with Gasteiger partial charge in [0.25, 0.3) is 0 Å². The molecule has 0 unspecified atom stereocenters. The van der Waals surface area contributed by atoms with Gasteiger partial charge in [0.05, 0.1) is 6.61 Å². The van der Waals surface area contributed by atoms with Crippen LogP contribution < -0.4 is 4.65 Å². The minimum Gasteiger partial charge on any atom is -0.497 e. The van der Waals surface area contributed by atoms with Gasteiger partial charge in [-0.15, -0.1) is 0 Å². The van der Waals surface area contributed by atoms with Crippen molar-refractivity contribution < 1.29 is 19.8 Å². The van der Waals surface area contributed by atoms with Crippen LogP contribution in [0.1, 0.15) is 5.56 Å². The van der Waals surface area contributed by atoms with Crippen LogP contribution in [-0.4, -0.2) is 27.5 Å². The molecule has 12 heavy (non-hydrogen) atoms. The van der Waals surface area contributed by atoms with E-state index >= 15 is 0 Å². The lowest BCUT2D eigenvalue weighted by Crippen LogP contribution is -2.22. The van der Waals surface area contributed by atoms with Gasteiger partial charge in [0, 0.05) is 11.8 Å². The standard InChI is InChI=1S/C6H8BNO4/c9-4-5-2-1-3-8-6(5)12-7(10)11/h1-3,9-11H,4H2. The third-order valence-corrected chi connectivity index (χ3v) is 1.24. The monoisotopic (exact) mass is 169 g/mol. The maximum absolute atomic E-state index is 8.75. The van der Waals surface area contributed by atoms with Crippen molar-refractivity contribution in [1.29, 1.82) is 0 Å². The van der Waals surface area contributed by atoms with Crippen molar-refractivity contribution in [3.63, 3.8) is 0 Å². The first-order valence-corrected chi connectivity index (χ1v) is 3.31. The van der Waals surface area contributed by atoms with Crippen molar-refractivity contribution in [2.24, 2.45) is 0 Å². The van der Waals surface area contributed by atoms with E-state index in [9.17, 15) is 0 Å². The van der Waals surface area contributed by atoms with E-state index in [-0.39, 0.29) is 12.5 Å². The fraction of sp³-hybridized carbons (Fsp3) is 0.167. The molecular weight excluding hydrogens is 161 g/mol. The van der Waals surface area contributed by atoms with Gasteiger partial charge in [0.15, 0.2) is 0 Å². The smallest absolute Gasteiger partial charge is 0.497 e. The van der Waals surface area contributed by atoms with Gasteiger partial charge < -0.3 is 19.8 Å².